The van der Waals surface area contributed by atoms with Crippen molar-refractivity contribution in [1.29, 1.82) is 0 Å². The predicted molar refractivity (Wildman–Crippen MR) is 579 cm³/mol. The first kappa shape index (κ1) is 93.1. The van der Waals surface area contributed by atoms with E-state index < -0.39 is 85.7 Å². The Morgan fingerprint density at radius 2 is 0.146 bits per heavy atom. The molecule has 0 nitrogen and oxygen atoms in total. The summed E-state index contributed by atoms with van der Waals surface area (Å²) in [6.07, 6.45) is 0. The van der Waals surface area contributed by atoms with Crippen LogP contribution in [0, 0.1) is 14.4 Å². The van der Waals surface area contributed by atoms with Gasteiger partial charge in [0.15, 0.2) is 0 Å². The summed E-state index contributed by atoms with van der Waals surface area (Å²) in [4.78, 5) is 6.02. The van der Waals surface area contributed by atoms with Crippen molar-refractivity contribution in [2.75, 3.05) is 0 Å². The Labute approximate surface area is 806 Å². The van der Waals surface area contributed by atoms with Gasteiger partial charge in [-0.1, -0.05) is 546 Å². The molecule has 0 saturated carbocycles. The van der Waals surface area contributed by atoms with Crippen LogP contribution in [0.1, 0.15) is 150 Å². The summed E-state index contributed by atoms with van der Waals surface area (Å²) < 4.78 is 0. The van der Waals surface area contributed by atoms with Gasteiger partial charge in [0.1, 0.15) is 0 Å². The van der Waals surface area contributed by atoms with Crippen LogP contribution in [0.5, 0.6) is 0 Å². The molecule has 0 spiro atoms. The zero-order valence-corrected chi connectivity index (χ0v) is 88.4. The fourth-order valence-corrected chi connectivity index (χ4v) is 55.5. The first-order valence-electron chi connectivity index (χ1n) is 46.4. The molecule has 0 unspecified atom stereocenters. The third kappa shape index (κ3) is 26.8. The van der Waals surface area contributed by atoms with Crippen LogP contribution in [-0.2, 0) is 17.4 Å². The maximum atomic E-state index is 2.36. The quantitative estimate of drug-likeness (QED) is 0.0271. The van der Waals surface area contributed by atoms with Crippen LogP contribution in [-0.4, -0.2) is 85.7 Å². The second kappa shape index (κ2) is 50.6. The summed E-state index contributed by atoms with van der Waals surface area (Å²) in [5, 5.41) is 0. The van der Waals surface area contributed by atoms with E-state index in [0.29, 0.717) is 49.9 Å². The molecule has 0 atom stereocenters. The topological polar surface area (TPSA) is 0 Å². The number of rotatable bonds is 36. The van der Waals surface area contributed by atoms with Crippen molar-refractivity contribution in [2.45, 2.75) is 49.9 Å². The first-order valence-corrected chi connectivity index (χ1v) is 60.2. The summed E-state index contributed by atoms with van der Waals surface area (Å²) in [5.41, 5.74) is 31.1. The van der Waals surface area contributed by atoms with Crippen LogP contribution >= 0.6 is 0 Å². The van der Waals surface area contributed by atoms with Gasteiger partial charge in [-0.05, 0) is 150 Å². The van der Waals surface area contributed by atoms with Gasteiger partial charge in [0.2, 0.25) is 0 Å². The fraction of sp³-hybridized carbons (Fsp3) is 0.0750. The van der Waals surface area contributed by atoms with Crippen LogP contribution in [0.25, 0.3) is 0 Å². The van der Waals surface area contributed by atoms with E-state index in [0.717, 1.165) is 0 Å². The number of hydrogen-bond donors (Lipinski definition) is 0. The molecule has 0 amide bonds. The van der Waals surface area contributed by atoms with E-state index in [9.17, 15) is 0 Å². The van der Waals surface area contributed by atoms with Crippen LogP contribution in [0.3, 0.4) is 0 Å². The minimum Gasteiger partial charge on any atom is -0.324 e. The van der Waals surface area contributed by atoms with Crippen molar-refractivity contribution in [1.82, 2.24) is 0 Å². The van der Waals surface area contributed by atoms with Crippen molar-refractivity contribution >= 4 is 85.7 Å². The van der Waals surface area contributed by atoms with Crippen molar-refractivity contribution in [3.05, 3.63) is 660 Å². The molecule has 1 radical (unpaired) electrons. The molecule has 0 fully saturated rings. The van der Waals surface area contributed by atoms with Gasteiger partial charge in [0.25, 0.3) is 0 Å². The Morgan fingerprint density at radius 3 is 0.200 bits per heavy atom. The summed E-state index contributed by atoms with van der Waals surface area (Å²) in [6, 6.07) is 204. The Bertz CT molecular complexity index is 4540. The summed E-state index contributed by atoms with van der Waals surface area (Å²) >= 11 is 0. The van der Waals surface area contributed by atoms with Crippen molar-refractivity contribution in [3.8, 4) is 0 Å². The third-order valence-electron chi connectivity index (χ3n) is 26.1. The summed E-state index contributed by atoms with van der Waals surface area (Å²) in [5.74, 6) is 0. The molecule has 0 bridgehead atoms. The molecule has 0 aliphatic carbocycles. The molecule has 0 saturated heterocycles. The van der Waals surface area contributed by atoms with Crippen LogP contribution in [0.15, 0.2) is 546 Å². The first-order chi connectivity index (χ1) is 64.0. The van der Waals surface area contributed by atoms with Gasteiger partial charge in [0, 0.05) is 0 Å². The van der Waals surface area contributed by atoms with E-state index in [2.05, 4.69) is 546 Å². The maximum absolute atomic E-state index is 2.36. The van der Waals surface area contributed by atoms with Gasteiger partial charge >= 0.3 is 17.4 Å². The molecule has 639 valence electrons. The zero-order chi connectivity index (χ0) is 87.3. The molecule has 18 rings (SSSR count). The Balaban J connectivity index is 0.000000149. The third-order valence-corrected chi connectivity index (χ3v) is 59.0. The molecular weight excluding hydrogens is 1750 g/mol. The van der Waals surface area contributed by atoms with E-state index in [1.165, 1.54) is 100 Å². The second-order valence-electron chi connectivity index (χ2n) is 34.5. The van der Waals surface area contributed by atoms with Gasteiger partial charge in [-0.15, -0.1) is 85.7 Å². The van der Waals surface area contributed by atoms with Crippen molar-refractivity contribution < 1.29 is 17.4 Å². The summed E-state index contributed by atoms with van der Waals surface area (Å²) in [6.45, 7) is 0. The van der Waals surface area contributed by atoms with E-state index in [4.69, 9.17) is 0 Å². The van der Waals surface area contributed by atoms with Crippen LogP contribution in [0.2, 0.25) is 0 Å². The molecule has 0 N–H and O–H groups in total. The Hall–Kier alpha value is -11.6. The average Bonchev–Trinajstić information content (AvgIpc) is 0.814. The Kier molecular flexibility index (Phi) is 36.2. The molecule has 0 heterocycles. The van der Waals surface area contributed by atoms with Crippen molar-refractivity contribution in [3.63, 3.8) is 0 Å². The smallest absolute Gasteiger partial charge is 0.324 e. The van der Waals surface area contributed by atoms with E-state index in [1.807, 2.05) is 14.4 Å². The van der Waals surface area contributed by atoms with E-state index in [1.54, 1.807) is 0 Å². The molecule has 18 aromatic rings. The SMILES string of the molecule is [Cr+3].c1ccc(C([SiH2][C-]([SiH2]C(c2ccccc2)c2ccccc2)[SiH2]C(c2ccccc2)c2ccccc2)c2ccccc2)cc1.c1ccc(C([SiH2][C-]([SiH2]C(c2ccccc2)c2ccccc2)[SiH2]C(c2ccccc2)c2ccccc2)c2ccccc2)cc1.c1ccc(C([SiH2][C-]([SiH2]C(c2ccccc2)c2ccccc2)[SiH2]C(c2ccccc2)c2ccccc2)c2ccccc2)cc1. The van der Waals surface area contributed by atoms with Gasteiger partial charge in [-0.2, -0.15) is 0 Å². The summed E-state index contributed by atoms with van der Waals surface area (Å²) in [7, 11) is -5.60. The monoisotopic (exact) mass is 1860 g/mol. The van der Waals surface area contributed by atoms with Crippen LogP contribution in [0.4, 0.5) is 0 Å². The molecule has 0 aromatic heterocycles. The molecule has 10 heteroatoms. The van der Waals surface area contributed by atoms with E-state index >= 15 is 0 Å². The molecular formula is C120H117CrSi9. The van der Waals surface area contributed by atoms with Crippen molar-refractivity contribution in [2.24, 2.45) is 0 Å². The minimum atomic E-state index is -0.622. The van der Waals surface area contributed by atoms with Gasteiger partial charge in [-0.25, -0.2) is 0 Å². The minimum absolute atomic E-state index is 0. The standard InChI is InChI=1S/3C40H39Si3.Cr/c3*1-7-19-31(20-8-1)37(32-21-9-2-10-22-32)41-40(42-38(33-23-11-3-12-24-33)34-25-13-4-14-26-34)43-39(35-27-15-5-16-28-35)36-29-17-6-18-30-36;/h3*1-30,37-39H,41-43H2;/q3*-1;+3. The molecule has 0 aliphatic rings. The normalized spacial score (nSPS) is 12.2. The second-order valence-corrected chi connectivity index (χ2v) is 63.5. The van der Waals surface area contributed by atoms with E-state index in [-0.39, 0.29) is 17.4 Å². The van der Waals surface area contributed by atoms with Gasteiger partial charge < -0.3 is 14.4 Å². The average molecular weight is 1860 g/mol. The number of benzene rings is 18. The Morgan fingerprint density at radius 1 is 0.0923 bits per heavy atom. The van der Waals surface area contributed by atoms with Gasteiger partial charge in [-0.3, -0.25) is 0 Å². The predicted octanol–water partition coefficient (Wildman–Crippen LogP) is 21.9. The van der Waals surface area contributed by atoms with Crippen LogP contribution < -0.4 is 0 Å². The largest absolute Gasteiger partial charge is 3.00 e. The fourth-order valence-electron chi connectivity index (χ4n) is 19.5. The molecule has 130 heavy (non-hydrogen) atoms. The molecule has 0 aliphatic heterocycles. The maximum Gasteiger partial charge on any atom is 3.00 e. The molecule has 18 aromatic carbocycles. The number of hydrogen-bond acceptors (Lipinski definition) is 0. The zero-order valence-electron chi connectivity index (χ0n) is 74.4. The van der Waals surface area contributed by atoms with Gasteiger partial charge in [0.05, 0.1) is 0 Å².